The highest BCUT2D eigenvalue weighted by Gasteiger charge is 2.32. The van der Waals surface area contributed by atoms with Crippen molar-refractivity contribution < 1.29 is 21.6 Å². The third-order valence-corrected chi connectivity index (χ3v) is 8.77. The van der Waals surface area contributed by atoms with E-state index in [1.807, 2.05) is 6.92 Å². The van der Waals surface area contributed by atoms with E-state index in [-0.39, 0.29) is 29.1 Å². The lowest BCUT2D eigenvalue weighted by Gasteiger charge is -2.32. The molecule has 32 heavy (non-hydrogen) atoms. The first-order chi connectivity index (χ1) is 15.0. The van der Waals surface area contributed by atoms with Gasteiger partial charge >= 0.3 is 0 Å². The molecule has 2 aromatic rings. The molecule has 0 aliphatic carbocycles. The number of halogens is 1. The van der Waals surface area contributed by atoms with Crippen LogP contribution >= 0.6 is 11.6 Å². The fourth-order valence-electron chi connectivity index (χ4n) is 3.71. The van der Waals surface area contributed by atoms with Gasteiger partial charge in [0.25, 0.3) is 0 Å². The van der Waals surface area contributed by atoms with Crippen molar-refractivity contribution in [2.45, 2.75) is 36.5 Å². The lowest BCUT2D eigenvalue weighted by Crippen LogP contribution is -2.46. The molecule has 0 spiro atoms. The van der Waals surface area contributed by atoms with E-state index in [1.54, 1.807) is 36.4 Å². The number of hydrogen-bond acceptors (Lipinski definition) is 5. The molecule has 0 radical (unpaired) electrons. The van der Waals surface area contributed by atoms with Gasteiger partial charge in [0.05, 0.1) is 22.6 Å². The van der Waals surface area contributed by atoms with E-state index in [4.69, 9.17) is 11.6 Å². The van der Waals surface area contributed by atoms with E-state index in [2.05, 4.69) is 5.32 Å². The van der Waals surface area contributed by atoms with E-state index in [9.17, 15) is 21.6 Å². The van der Waals surface area contributed by atoms with Crippen LogP contribution in [0, 0.1) is 5.92 Å². The molecule has 1 aliphatic rings. The number of carbonyl (C=O) groups is 1. The van der Waals surface area contributed by atoms with Gasteiger partial charge in [-0.25, -0.2) is 21.1 Å². The van der Waals surface area contributed by atoms with Crippen LogP contribution in [0.4, 0.5) is 0 Å². The number of benzene rings is 2. The van der Waals surface area contributed by atoms with Gasteiger partial charge in [-0.3, -0.25) is 4.79 Å². The van der Waals surface area contributed by atoms with Gasteiger partial charge in [-0.15, -0.1) is 0 Å². The second-order valence-corrected chi connectivity index (χ2v) is 12.6. The molecule has 0 saturated carbocycles. The summed E-state index contributed by atoms with van der Waals surface area (Å²) in [4.78, 5) is 13.0. The van der Waals surface area contributed by atoms with E-state index in [0.29, 0.717) is 30.0 Å². The third kappa shape index (κ3) is 6.31. The van der Waals surface area contributed by atoms with Crippen molar-refractivity contribution in [3.05, 3.63) is 64.7 Å². The number of rotatable bonds is 7. The maximum Gasteiger partial charge on any atom is 0.224 e. The molecule has 1 N–H and O–H groups in total. The normalized spacial score (nSPS) is 18.8. The molecule has 1 aliphatic heterocycles. The van der Waals surface area contributed by atoms with Crippen LogP contribution in [0.1, 0.15) is 36.9 Å². The van der Waals surface area contributed by atoms with Crippen LogP contribution in [0.2, 0.25) is 5.02 Å². The average Bonchev–Trinajstić information content (AvgIpc) is 2.75. The van der Waals surface area contributed by atoms with Crippen LogP contribution in [-0.2, 0) is 30.4 Å². The van der Waals surface area contributed by atoms with Crippen molar-refractivity contribution in [1.29, 1.82) is 0 Å². The van der Waals surface area contributed by atoms with Crippen molar-refractivity contribution >= 4 is 37.4 Å². The molecular formula is C22H27ClN2O5S2. The van der Waals surface area contributed by atoms with Gasteiger partial charge in [0, 0.05) is 24.4 Å². The number of amides is 1. The quantitative estimate of drug-likeness (QED) is 0.632. The van der Waals surface area contributed by atoms with E-state index < -0.39 is 25.8 Å². The minimum absolute atomic E-state index is 0.137. The Balaban J connectivity index is 1.62. The Labute approximate surface area is 194 Å². The Bertz CT molecular complexity index is 1160. The lowest BCUT2D eigenvalue weighted by atomic mass is 9.98. The number of nitrogens with one attached hydrogen (secondary N) is 1. The molecule has 174 valence electrons. The number of nitrogens with zero attached hydrogens (tertiary/aromatic N) is 1. The van der Waals surface area contributed by atoms with Gasteiger partial charge in [0.2, 0.25) is 15.9 Å². The second-order valence-electron chi connectivity index (χ2n) is 8.15. The Hall–Kier alpha value is -1.94. The van der Waals surface area contributed by atoms with E-state index in [1.165, 1.54) is 16.4 Å². The van der Waals surface area contributed by atoms with Crippen LogP contribution in [0.15, 0.2) is 53.4 Å². The highest BCUT2D eigenvalue weighted by atomic mass is 35.5. The largest absolute Gasteiger partial charge is 0.349 e. The van der Waals surface area contributed by atoms with Crippen LogP contribution < -0.4 is 5.32 Å². The summed E-state index contributed by atoms with van der Waals surface area (Å²) in [6.07, 6.45) is 2.36. The standard InChI is InChI=1S/C22H27ClN2O5S2/c1-16(18-7-11-21(12-8-18)31(2,27)28)24-22(26)19-4-3-13-25(14-19)32(29,30)15-17-5-9-20(23)10-6-17/h5-12,16,19H,3-4,13-15H2,1-2H3,(H,24,26)/t16-,19+/m1/s1. The van der Waals surface area contributed by atoms with Crippen molar-refractivity contribution in [2.24, 2.45) is 5.92 Å². The Morgan fingerprint density at radius 1 is 1.09 bits per heavy atom. The molecular weight excluding hydrogens is 472 g/mol. The summed E-state index contributed by atoms with van der Waals surface area (Å²) >= 11 is 5.87. The topological polar surface area (TPSA) is 101 Å². The Kier molecular flexibility index (Phi) is 7.65. The minimum atomic E-state index is -3.56. The van der Waals surface area contributed by atoms with Crippen LogP contribution in [0.3, 0.4) is 0 Å². The van der Waals surface area contributed by atoms with Crippen molar-refractivity contribution in [3.8, 4) is 0 Å². The Morgan fingerprint density at radius 3 is 2.31 bits per heavy atom. The van der Waals surface area contributed by atoms with Crippen molar-refractivity contribution in [2.75, 3.05) is 19.3 Å². The Morgan fingerprint density at radius 2 is 1.72 bits per heavy atom. The third-order valence-electron chi connectivity index (χ3n) is 5.58. The summed E-state index contributed by atoms with van der Waals surface area (Å²) in [6, 6.07) is 12.7. The van der Waals surface area contributed by atoms with Crippen molar-refractivity contribution in [1.82, 2.24) is 9.62 Å². The molecule has 0 aromatic heterocycles. The zero-order valence-corrected chi connectivity index (χ0v) is 20.4. The predicted molar refractivity (Wildman–Crippen MR) is 124 cm³/mol. The summed E-state index contributed by atoms with van der Waals surface area (Å²) in [5.41, 5.74) is 1.42. The molecule has 1 amide bonds. The van der Waals surface area contributed by atoms with Crippen molar-refractivity contribution in [3.63, 3.8) is 0 Å². The molecule has 0 bridgehead atoms. The zero-order chi connectivity index (χ0) is 23.5. The molecule has 7 nitrogen and oxygen atoms in total. The number of sulfone groups is 1. The van der Waals surface area contributed by atoms with E-state index in [0.717, 1.165) is 11.8 Å². The van der Waals surface area contributed by atoms with Crippen LogP contribution in [0.25, 0.3) is 0 Å². The summed E-state index contributed by atoms with van der Waals surface area (Å²) in [7, 11) is -6.85. The van der Waals surface area contributed by atoms with Gasteiger partial charge in [-0.05, 0) is 55.2 Å². The number of piperidine rings is 1. The zero-order valence-electron chi connectivity index (χ0n) is 18.0. The first-order valence-corrected chi connectivity index (χ1v) is 14.2. The minimum Gasteiger partial charge on any atom is -0.349 e. The van der Waals surface area contributed by atoms with Crippen LogP contribution in [0.5, 0.6) is 0 Å². The highest BCUT2D eigenvalue weighted by Crippen LogP contribution is 2.24. The lowest BCUT2D eigenvalue weighted by molar-refractivity contribution is -0.126. The maximum absolute atomic E-state index is 12.9. The van der Waals surface area contributed by atoms with Gasteiger partial charge in [-0.1, -0.05) is 35.9 Å². The molecule has 10 heteroatoms. The molecule has 1 saturated heterocycles. The molecule has 0 unspecified atom stereocenters. The van der Waals surface area contributed by atoms with E-state index >= 15 is 0 Å². The molecule has 1 fully saturated rings. The molecule has 2 aromatic carbocycles. The SMILES string of the molecule is C[C@@H](NC(=O)[C@H]1CCCN(S(=O)(=O)Cc2ccc(Cl)cc2)C1)c1ccc(S(C)(=O)=O)cc1. The predicted octanol–water partition coefficient (Wildman–Crippen LogP) is 3.16. The summed E-state index contributed by atoms with van der Waals surface area (Å²) in [5.74, 6) is -0.792. The first kappa shape index (κ1) is 24.7. The van der Waals surface area contributed by atoms with Gasteiger partial charge in [-0.2, -0.15) is 0 Å². The number of sulfonamides is 1. The summed E-state index contributed by atoms with van der Waals surface area (Å²) in [5, 5.41) is 3.47. The van der Waals surface area contributed by atoms with Crippen LogP contribution in [-0.4, -0.2) is 46.4 Å². The fourth-order valence-corrected chi connectivity index (χ4v) is 6.08. The summed E-state index contributed by atoms with van der Waals surface area (Å²) in [6.45, 7) is 2.34. The maximum atomic E-state index is 12.9. The molecule has 1 heterocycles. The first-order valence-electron chi connectivity index (χ1n) is 10.3. The van der Waals surface area contributed by atoms with Gasteiger partial charge in [0.1, 0.15) is 0 Å². The van der Waals surface area contributed by atoms with Gasteiger partial charge in [0.15, 0.2) is 9.84 Å². The smallest absolute Gasteiger partial charge is 0.224 e. The van der Waals surface area contributed by atoms with Gasteiger partial charge < -0.3 is 5.32 Å². The monoisotopic (exact) mass is 498 g/mol. The average molecular weight is 499 g/mol. The second kappa shape index (κ2) is 9.91. The fraction of sp³-hybridized carbons (Fsp3) is 0.409. The molecule has 2 atom stereocenters. The highest BCUT2D eigenvalue weighted by molar-refractivity contribution is 7.90. The number of hydrogen-bond donors (Lipinski definition) is 1. The number of carbonyl (C=O) groups excluding carboxylic acids is 1. The summed E-state index contributed by atoms with van der Waals surface area (Å²) < 4.78 is 50.4. The molecule has 3 rings (SSSR count).